The molecule has 0 atom stereocenters. The van der Waals surface area contributed by atoms with Crippen LogP contribution in [0.4, 0.5) is 0 Å². The summed E-state index contributed by atoms with van der Waals surface area (Å²) in [5.41, 5.74) is -0.0144. The number of aromatic nitrogens is 1. The van der Waals surface area contributed by atoms with Gasteiger partial charge >= 0.3 is 0 Å². The fraction of sp³-hybridized carbons (Fsp3) is 0.167. The lowest BCUT2D eigenvalue weighted by Gasteiger charge is -1.92. The molecule has 0 aromatic carbocycles. The number of hydrogen-bond donors (Lipinski definition) is 2. The second-order valence-corrected chi connectivity index (χ2v) is 2.23. The van der Waals surface area contributed by atoms with Crippen LogP contribution in [0.25, 0.3) is 0 Å². The van der Waals surface area contributed by atoms with E-state index in [9.17, 15) is 4.79 Å². The van der Waals surface area contributed by atoms with E-state index in [0.29, 0.717) is 5.56 Å². The van der Waals surface area contributed by atoms with Crippen LogP contribution in [0.3, 0.4) is 0 Å². The van der Waals surface area contributed by atoms with Gasteiger partial charge < -0.3 is 10.1 Å². The third-order valence-electron chi connectivity index (χ3n) is 1.13. The van der Waals surface area contributed by atoms with Gasteiger partial charge in [0.15, 0.2) is 0 Å². The van der Waals surface area contributed by atoms with Crippen LogP contribution in [-0.4, -0.2) is 10.1 Å². The fourth-order valence-corrected chi connectivity index (χ4v) is 0.753. The van der Waals surface area contributed by atoms with Crippen molar-refractivity contribution in [3.05, 3.63) is 33.2 Å². The van der Waals surface area contributed by atoms with Crippen molar-refractivity contribution in [1.29, 1.82) is 0 Å². The van der Waals surface area contributed by atoms with Crippen molar-refractivity contribution >= 4 is 11.6 Å². The van der Waals surface area contributed by atoms with Gasteiger partial charge in [-0.05, 0) is 12.1 Å². The van der Waals surface area contributed by atoms with E-state index < -0.39 is 0 Å². The minimum absolute atomic E-state index is 0.257. The Morgan fingerprint density at radius 1 is 1.60 bits per heavy atom. The maximum atomic E-state index is 10.8. The number of H-pyrrole nitrogens is 1. The van der Waals surface area contributed by atoms with Crippen molar-refractivity contribution in [1.82, 2.24) is 4.98 Å². The van der Waals surface area contributed by atoms with Crippen molar-refractivity contribution < 1.29 is 5.11 Å². The van der Waals surface area contributed by atoms with Crippen LogP contribution in [0.2, 0.25) is 5.15 Å². The largest absolute Gasteiger partial charge is 0.391 e. The number of rotatable bonds is 1. The summed E-state index contributed by atoms with van der Waals surface area (Å²) >= 11 is 5.44. The van der Waals surface area contributed by atoms with Gasteiger partial charge in [-0.1, -0.05) is 11.6 Å². The highest BCUT2D eigenvalue weighted by atomic mass is 35.5. The lowest BCUT2D eigenvalue weighted by Crippen LogP contribution is -2.11. The van der Waals surface area contributed by atoms with Crippen LogP contribution in [-0.2, 0) is 6.61 Å². The summed E-state index contributed by atoms with van der Waals surface area (Å²) in [6.07, 6.45) is 0. The molecule has 0 aliphatic carbocycles. The Morgan fingerprint density at radius 3 is 2.80 bits per heavy atom. The molecule has 54 valence electrons. The molecule has 0 bridgehead atoms. The molecule has 0 radical (unpaired) electrons. The Kier molecular flexibility index (Phi) is 2.09. The third kappa shape index (κ3) is 1.37. The maximum Gasteiger partial charge on any atom is 0.254 e. The van der Waals surface area contributed by atoms with Gasteiger partial charge in [0.05, 0.1) is 6.61 Å². The molecule has 0 saturated heterocycles. The number of aliphatic hydroxyl groups excluding tert-OH is 1. The number of halogens is 1. The SMILES string of the molecule is O=c1[nH]c(Cl)ccc1CO. The van der Waals surface area contributed by atoms with Crippen LogP contribution in [0.5, 0.6) is 0 Å². The highest BCUT2D eigenvalue weighted by molar-refractivity contribution is 6.29. The van der Waals surface area contributed by atoms with Crippen molar-refractivity contribution in [2.24, 2.45) is 0 Å². The van der Waals surface area contributed by atoms with Gasteiger partial charge in [-0.15, -0.1) is 0 Å². The summed E-state index contributed by atoms with van der Waals surface area (Å²) < 4.78 is 0. The molecular weight excluding hydrogens is 154 g/mol. The molecule has 10 heavy (non-hydrogen) atoms. The van der Waals surface area contributed by atoms with Gasteiger partial charge in [0.25, 0.3) is 5.56 Å². The van der Waals surface area contributed by atoms with E-state index in [-0.39, 0.29) is 17.3 Å². The second kappa shape index (κ2) is 2.86. The summed E-state index contributed by atoms with van der Waals surface area (Å²) in [5, 5.41) is 8.83. The molecule has 0 fully saturated rings. The molecule has 4 heteroatoms. The number of hydrogen-bond acceptors (Lipinski definition) is 2. The Balaban J connectivity index is 3.20. The van der Waals surface area contributed by atoms with Gasteiger partial charge in [-0.2, -0.15) is 0 Å². The summed E-state index contributed by atoms with van der Waals surface area (Å²) in [7, 11) is 0. The quantitative estimate of drug-likeness (QED) is 0.587. The first kappa shape index (κ1) is 7.31. The zero-order chi connectivity index (χ0) is 7.56. The van der Waals surface area contributed by atoms with Gasteiger partial charge in [0.1, 0.15) is 5.15 Å². The second-order valence-electron chi connectivity index (χ2n) is 1.82. The molecule has 2 N–H and O–H groups in total. The van der Waals surface area contributed by atoms with Crippen molar-refractivity contribution in [2.45, 2.75) is 6.61 Å². The van der Waals surface area contributed by atoms with Crippen LogP contribution in [0, 0.1) is 0 Å². The molecule has 1 aromatic rings. The van der Waals surface area contributed by atoms with Gasteiger partial charge in [0.2, 0.25) is 0 Å². The summed E-state index contributed by atoms with van der Waals surface area (Å²) in [6, 6.07) is 3.01. The molecule has 0 aliphatic heterocycles. The molecular formula is C6H6ClNO2. The van der Waals surface area contributed by atoms with E-state index in [4.69, 9.17) is 16.7 Å². The molecule has 0 unspecified atom stereocenters. The number of nitrogens with one attached hydrogen (secondary N) is 1. The topological polar surface area (TPSA) is 53.1 Å². The maximum absolute atomic E-state index is 10.8. The predicted octanol–water partition coefficient (Wildman–Crippen LogP) is 0.521. The summed E-state index contributed by atoms with van der Waals surface area (Å²) in [5.74, 6) is 0. The van der Waals surface area contributed by atoms with E-state index in [1.54, 1.807) is 0 Å². The normalized spacial score (nSPS) is 9.80. The first-order valence-electron chi connectivity index (χ1n) is 2.72. The lowest BCUT2D eigenvalue weighted by molar-refractivity contribution is 0.280. The number of pyridine rings is 1. The molecule has 0 spiro atoms. The van der Waals surface area contributed by atoms with Gasteiger partial charge in [0, 0.05) is 5.56 Å². The highest BCUT2D eigenvalue weighted by Crippen LogP contribution is 2.00. The van der Waals surface area contributed by atoms with E-state index in [2.05, 4.69) is 4.98 Å². The van der Waals surface area contributed by atoms with Crippen LogP contribution >= 0.6 is 11.6 Å². The van der Waals surface area contributed by atoms with E-state index in [1.165, 1.54) is 12.1 Å². The molecule has 1 aromatic heterocycles. The van der Waals surface area contributed by atoms with E-state index in [0.717, 1.165) is 0 Å². The van der Waals surface area contributed by atoms with E-state index in [1.807, 2.05) is 0 Å². The zero-order valence-electron chi connectivity index (χ0n) is 5.10. The molecule has 1 rings (SSSR count). The number of aliphatic hydroxyl groups is 1. The predicted molar refractivity (Wildman–Crippen MR) is 38.0 cm³/mol. The van der Waals surface area contributed by atoms with Gasteiger partial charge in [-0.3, -0.25) is 4.79 Å². The Bertz CT molecular complexity index is 281. The Hall–Kier alpha value is -0.800. The minimum Gasteiger partial charge on any atom is -0.391 e. The average Bonchev–Trinajstić information content (AvgIpc) is 1.88. The first-order valence-corrected chi connectivity index (χ1v) is 3.10. The molecule has 0 aliphatic rings. The smallest absolute Gasteiger partial charge is 0.254 e. The summed E-state index contributed by atoms with van der Waals surface area (Å²) in [6.45, 7) is -0.257. The average molecular weight is 160 g/mol. The Morgan fingerprint density at radius 2 is 2.30 bits per heavy atom. The van der Waals surface area contributed by atoms with Crippen molar-refractivity contribution in [3.63, 3.8) is 0 Å². The van der Waals surface area contributed by atoms with Crippen molar-refractivity contribution in [3.8, 4) is 0 Å². The minimum atomic E-state index is -0.338. The monoisotopic (exact) mass is 159 g/mol. The molecule has 0 amide bonds. The third-order valence-corrected chi connectivity index (χ3v) is 1.35. The highest BCUT2D eigenvalue weighted by Gasteiger charge is 1.95. The lowest BCUT2D eigenvalue weighted by atomic mass is 10.3. The molecule has 3 nitrogen and oxygen atoms in total. The fourth-order valence-electron chi connectivity index (χ4n) is 0.604. The standard InChI is InChI=1S/C6H6ClNO2/c7-5-2-1-4(3-9)6(10)8-5/h1-2,9H,3H2,(H,8,10). The van der Waals surface area contributed by atoms with Crippen LogP contribution < -0.4 is 5.56 Å². The first-order chi connectivity index (χ1) is 4.74. The number of aromatic amines is 1. The van der Waals surface area contributed by atoms with Crippen LogP contribution in [0.1, 0.15) is 5.56 Å². The zero-order valence-corrected chi connectivity index (χ0v) is 5.85. The van der Waals surface area contributed by atoms with Crippen molar-refractivity contribution in [2.75, 3.05) is 0 Å². The summed E-state index contributed by atoms with van der Waals surface area (Å²) in [4.78, 5) is 13.1. The molecule has 0 saturated carbocycles. The Labute approximate surface area is 62.3 Å². The van der Waals surface area contributed by atoms with E-state index >= 15 is 0 Å². The van der Waals surface area contributed by atoms with Gasteiger partial charge in [-0.25, -0.2) is 0 Å². The molecule has 1 heterocycles. The van der Waals surface area contributed by atoms with Crippen LogP contribution in [0.15, 0.2) is 16.9 Å².